The Morgan fingerprint density at radius 2 is 1.63 bits per heavy atom. The van der Waals surface area contributed by atoms with Crippen LogP contribution in [0.5, 0.6) is 0 Å². The summed E-state index contributed by atoms with van der Waals surface area (Å²) in [7, 11) is 1.70. The molecule has 4 aliphatic carbocycles. The Kier molecular flexibility index (Phi) is 5.60. The SMILES string of the molecule is CC(C)[C@@H](NC(=O)C12CC3CC(CC(C3)C1)C2)C(=O)NNC(=O)c1cc(Cl)cn1C. The van der Waals surface area contributed by atoms with Gasteiger partial charge < -0.3 is 9.88 Å². The quantitative estimate of drug-likeness (QED) is 0.622. The van der Waals surface area contributed by atoms with E-state index in [4.69, 9.17) is 11.6 Å². The first-order valence-corrected chi connectivity index (χ1v) is 11.3. The molecule has 4 bridgehead atoms. The molecule has 164 valence electrons. The number of nitrogens with one attached hydrogen (secondary N) is 3. The molecule has 4 fully saturated rings. The van der Waals surface area contributed by atoms with Crippen LogP contribution in [0.1, 0.15) is 62.9 Å². The van der Waals surface area contributed by atoms with Crippen LogP contribution >= 0.6 is 11.6 Å². The van der Waals surface area contributed by atoms with Gasteiger partial charge in [0.15, 0.2) is 0 Å². The van der Waals surface area contributed by atoms with Gasteiger partial charge in [0.25, 0.3) is 11.8 Å². The zero-order valence-corrected chi connectivity index (χ0v) is 18.6. The van der Waals surface area contributed by atoms with Crippen LogP contribution in [0.25, 0.3) is 0 Å². The Hall–Kier alpha value is -2.02. The van der Waals surface area contributed by atoms with Crippen molar-refractivity contribution >= 4 is 29.3 Å². The van der Waals surface area contributed by atoms with E-state index in [1.165, 1.54) is 25.3 Å². The van der Waals surface area contributed by atoms with Crippen LogP contribution in [0.15, 0.2) is 12.3 Å². The molecule has 0 radical (unpaired) electrons. The molecule has 0 aliphatic heterocycles. The number of halogens is 1. The molecule has 1 atom stereocenters. The molecule has 1 aromatic heterocycles. The molecule has 8 heteroatoms. The number of hydrazine groups is 1. The molecule has 0 unspecified atom stereocenters. The van der Waals surface area contributed by atoms with E-state index < -0.39 is 17.9 Å². The Balaban J connectivity index is 1.39. The van der Waals surface area contributed by atoms with Crippen molar-refractivity contribution in [3.63, 3.8) is 0 Å². The molecule has 4 aliphatic rings. The van der Waals surface area contributed by atoms with Gasteiger partial charge in [-0.1, -0.05) is 25.4 Å². The lowest BCUT2D eigenvalue weighted by Crippen LogP contribution is -2.59. The van der Waals surface area contributed by atoms with Gasteiger partial charge in [-0.05, 0) is 68.3 Å². The summed E-state index contributed by atoms with van der Waals surface area (Å²) in [4.78, 5) is 38.5. The van der Waals surface area contributed by atoms with E-state index in [2.05, 4.69) is 16.2 Å². The molecule has 0 saturated heterocycles. The van der Waals surface area contributed by atoms with Gasteiger partial charge in [-0.3, -0.25) is 25.2 Å². The molecule has 0 aromatic carbocycles. The van der Waals surface area contributed by atoms with Crippen molar-refractivity contribution in [3.05, 3.63) is 23.0 Å². The molecule has 3 amide bonds. The third-order valence-corrected chi connectivity index (χ3v) is 7.47. The summed E-state index contributed by atoms with van der Waals surface area (Å²) in [6, 6.07) is 0.820. The first-order chi connectivity index (χ1) is 14.2. The maximum atomic E-state index is 13.3. The van der Waals surface area contributed by atoms with Crippen LogP contribution < -0.4 is 16.2 Å². The maximum absolute atomic E-state index is 13.3. The van der Waals surface area contributed by atoms with Crippen molar-refractivity contribution in [1.29, 1.82) is 0 Å². The normalized spacial score (nSPS) is 30.2. The standard InChI is InChI=1S/C22H31ClN4O3/c1-12(2)18(20(29)26-25-19(28)17-7-16(23)11-27(17)3)24-21(30)22-8-13-4-14(9-22)6-15(5-13)10-22/h7,11-15,18H,4-6,8-10H2,1-3H3,(H,24,30)(H,25,28)(H,26,29)/t13?,14?,15?,18-,22?/m1/s1. The minimum atomic E-state index is -0.706. The highest BCUT2D eigenvalue weighted by Crippen LogP contribution is 2.60. The van der Waals surface area contributed by atoms with E-state index in [9.17, 15) is 14.4 Å². The third-order valence-electron chi connectivity index (χ3n) is 7.26. The van der Waals surface area contributed by atoms with E-state index >= 15 is 0 Å². The maximum Gasteiger partial charge on any atom is 0.286 e. The molecule has 3 N–H and O–H groups in total. The summed E-state index contributed by atoms with van der Waals surface area (Å²) in [5.74, 6) is 0.990. The first-order valence-electron chi connectivity index (χ1n) is 10.9. The minimum absolute atomic E-state index is 0.0102. The summed E-state index contributed by atoms with van der Waals surface area (Å²) in [5, 5.41) is 3.47. The van der Waals surface area contributed by atoms with E-state index in [0.717, 1.165) is 19.3 Å². The van der Waals surface area contributed by atoms with Crippen molar-refractivity contribution in [3.8, 4) is 0 Å². The molecule has 4 saturated carbocycles. The minimum Gasteiger partial charge on any atom is -0.345 e. The number of aryl methyl sites for hydroxylation is 1. The second-order valence-corrected chi connectivity index (χ2v) is 10.4. The summed E-state index contributed by atoms with van der Waals surface area (Å²) >= 11 is 5.91. The van der Waals surface area contributed by atoms with E-state index in [1.54, 1.807) is 17.8 Å². The van der Waals surface area contributed by atoms with Crippen LogP contribution in [0.3, 0.4) is 0 Å². The molecule has 30 heavy (non-hydrogen) atoms. The molecule has 1 aromatic rings. The largest absolute Gasteiger partial charge is 0.345 e. The summed E-state index contributed by atoms with van der Waals surface area (Å²) in [5.41, 5.74) is 4.91. The Morgan fingerprint density at radius 1 is 1.07 bits per heavy atom. The topological polar surface area (TPSA) is 92.2 Å². The number of hydrogen-bond acceptors (Lipinski definition) is 3. The first kappa shape index (κ1) is 21.2. The fourth-order valence-corrected chi connectivity index (χ4v) is 6.48. The van der Waals surface area contributed by atoms with Crippen LogP contribution in [0.2, 0.25) is 5.02 Å². The van der Waals surface area contributed by atoms with Gasteiger partial charge in [0.1, 0.15) is 11.7 Å². The highest BCUT2D eigenvalue weighted by Gasteiger charge is 2.55. The number of nitrogens with zero attached hydrogens (tertiary/aromatic N) is 1. The molecule has 0 spiro atoms. The zero-order chi connectivity index (χ0) is 21.6. The monoisotopic (exact) mass is 434 g/mol. The van der Waals surface area contributed by atoms with Gasteiger partial charge in [-0.2, -0.15) is 0 Å². The van der Waals surface area contributed by atoms with Crippen LogP contribution in [-0.2, 0) is 16.6 Å². The molecular weight excluding hydrogens is 404 g/mol. The van der Waals surface area contributed by atoms with Crippen LogP contribution in [0.4, 0.5) is 0 Å². The number of amides is 3. The van der Waals surface area contributed by atoms with Gasteiger partial charge in [0, 0.05) is 18.7 Å². The van der Waals surface area contributed by atoms with Crippen molar-refractivity contribution < 1.29 is 14.4 Å². The summed E-state index contributed by atoms with van der Waals surface area (Å²) in [6.07, 6.45) is 8.23. The second kappa shape index (κ2) is 7.91. The lowest BCUT2D eigenvalue weighted by Gasteiger charge is -2.55. The van der Waals surface area contributed by atoms with Crippen LogP contribution in [0, 0.1) is 29.1 Å². The molecular formula is C22H31ClN4O3. The Labute approximate surface area is 182 Å². The summed E-state index contributed by atoms with van der Waals surface area (Å²) in [6.45, 7) is 3.78. The summed E-state index contributed by atoms with van der Waals surface area (Å²) < 4.78 is 1.58. The third kappa shape index (κ3) is 3.96. The van der Waals surface area contributed by atoms with Gasteiger partial charge in [-0.15, -0.1) is 0 Å². The number of carbonyl (C=O) groups is 3. The fraction of sp³-hybridized carbons (Fsp3) is 0.682. The number of hydrogen-bond donors (Lipinski definition) is 3. The lowest BCUT2D eigenvalue weighted by atomic mass is 9.49. The Bertz CT molecular complexity index is 827. The fourth-order valence-electron chi connectivity index (χ4n) is 6.23. The highest BCUT2D eigenvalue weighted by atomic mass is 35.5. The van der Waals surface area contributed by atoms with E-state index in [0.29, 0.717) is 28.5 Å². The van der Waals surface area contributed by atoms with Gasteiger partial charge in [0.2, 0.25) is 5.91 Å². The molecule has 7 nitrogen and oxygen atoms in total. The number of aromatic nitrogens is 1. The van der Waals surface area contributed by atoms with E-state index in [1.807, 2.05) is 13.8 Å². The predicted octanol–water partition coefficient (Wildman–Crippen LogP) is 2.80. The lowest BCUT2D eigenvalue weighted by molar-refractivity contribution is -0.149. The zero-order valence-electron chi connectivity index (χ0n) is 17.8. The predicted molar refractivity (Wildman–Crippen MR) is 113 cm³/mol. The Morgan fingerprint density at radius 3 is 2.10 bits per heavy atom. The smallest absolute Gasteiger partial charge is 0.286 e. The number of carbonyl (C=O) groups excluding carboxylic acids is 3. The molecule has 5 rings (SSSR count). The average Bonchev–Trinajstić information content (AvgIpc) is 3.00. The number of rotatable bonds is 5. The van der Waals surface area contributed by atoms with Gasteiger partial charge in [-0.25, -0.2) is 0 Å². The second-order valence-electron chi connectivity index (χ2n) is 9.99. The van der Waals surface area contributed by atoms with Crippen molar-refractivity contribution in [1.82, 2.24) is 20.7 Å². The van der Waals surface area contributed by atoms with Crippen molar-refractivity contribution in [2.75, 3.05) is 0 Å². The average molecular weight is 435 g/mol. The van der Waals surface area contributed by atoms with Gasteiger partial charge >= 0.3 is 0 Å². The van der Waals surface area contributed by atoms with Crippen LogP contribution in [-0.4, -0.2) is 28.3 Å². The van der Waals surface area contributed by atoms with Crippen molar-refractivity contribution in [2.45, 2.75) is 58.4 Å². The van der Waals surface area contributed by atoms with Gasteiger partial charge in [0.05, 0.1) is 5.02 Å². The molecule has 1 heterocycles. The highest BCUT2D eigenvalue weighted by molar-refractivity contribution is 6.31. The van der Waals surface area contributed by atoms with E-state index in [-0.39, 0.29) is 17.2 Å². The van der Waals surface area contributed by atoms with Crippen molar-refractivity contribution in [2.24, 2.45) is 36.1 Å².